The number of hydrogen-bond donors (Lipinski definition) is 1. The van der Waals surface area contributed by atoms with E-state index < -0.39 is 16.1 Å². The van der Waals surface area contributed by atoms with Gasteiger partial charge in [0.05, 0.1) is 4.90 Å². The molecule has 2 aromatic rings. The van der Waals surface area contributed by atoms with Crippen molar-refractivity contribution in [3.8, 4) is 0 Å². The number of hydrogen-bond acceptors (Lipinski definition) is 4. The normalized spacial score (nSPS) is 12.4. The molecule has 0 aliphatic rings. The van der Waals surface area contributed by atoms with Crippen molar-refractivity contribution in [1.29, 1.82) is 0 Å². The van der Waals surface area contributed by atoms with E-state index in [1.54, 1.807) is 42.2 Å². The van der Waals surface area contributed by atoms with Gasteiger partial charge in [0, 0.05) is 33.1 Å². The van der Waals surface area contributed by atoms with Gasteiger partial charge in [-0.25, -0.2) is 12.7 Å². The highest BCUT2D eigenvalue weighted by molar-refractivity contribution is 7.89. The summed E-state index contributed by atoms with van der Waals surface area (Å²) in [7, 11) is -2.09. The maximum atomic E-state index is 13.1. The molecule has 2 amide bonds. The highest BCUT2D eigenvalue weighted by Gasteiger charge is 2.26. The molecule has 2 rings (SSSR count). The summed E-state index contributed by atoms with van der Waals surface area (Å²) in [6, 6.07) is 15.4. The average molecular weight is 474 g/mol. The van der Waals surface area contributed by atoms with Crippen LogP contribution in [0.5, 0.6) is 0 Å². The van der Waals surface area contributed by atoms with Crippen LogP contribution in [0.1, 0.15) is 44.2 Å². The van der Waals surface area contributed by atoms with Gasteiger partial charge in [-0.15, -0.1) is 0 Å². The minimum Gasteiger partial charge on any atom is -0.354 e. The Morgan fingerprint density at radius 2 is 1.67 bits per heavy atom. The largest absolute Gasteiger partial charge is 0.354 e. The predicted molar refractivity (Wildman–Crippen MR) is 130 cm³/mol. The van der Waals surface area contributed by atoms with Gasteiger partial charge >= 0.3 is 0 Å². The fourth-order valence-electron chi connectivity index (χ4n) is 3.36. The van der Waals surface area contributed by atoms with E-state index in [1.807, 2.05) is 38.1 Å². The third-order valence-corrected chi connectivity index (χ3v) is 7.38. The van der Waals surface area contributed by atoms with Crippen molar-refractivity contribution in [1.82, 2.24) is 14.5 Å². The second kappa shape index (κ2) is 12.5. The first kappa shape index (κ1) is 26.5. The van der Waals surface area contributed by atoms with Gasteiger partial charge in [-0.1, -0.05) is 55.0 Å². The van der Waals surface area contributed by atoms with E-state index in [2.05, 4.69) is 5.32 Å². The molecule has 0 unspecified atom stereocenters. The summed E-state index contributed by atoms with van der Waals surface area (Å²) < 4.78 is 26.6. The van der Waals surface area contributed by atoms with Gasteiger partial charge < -0.3 is 10.2 Å². The van der Waals surface area contributed by atoms with Crippen molar-refractivity contribution in [2.24, 2.45) is 0 Å². The Labute approximate surface area is 197 Å². The second-order valence-electron chi connectivity index (χ2n) is 8.22. The molecule has 1 N–H and O–H groups in total. The van der Waals surface area contributed by atoms with Crippen molar-refractivity contribution in [3.63, 3.8) is 0 Å². The maximum Gasteiger partial charge on any atom is 0.242 e. The lowest BCUT2D eigenvalue weighted by atomic mass is 10.1. The summed E-state index contributed by atoms with van der Waals surface area (Å²) in [6.07, 6.45) is 1.31. The molecule has 0 heterocycles. The molecule has 8 heteroatoms. The Kier molecular flexibility index (Phi) is 10.1. The van der Waals surface area contributed by atoms with Crippen molar-refractivity contribution >= 4 is 21.8 Å². The third kappa shape index (κ3) is 7.68. The Balaban J connectivity index is 2.05. The van der Waals surface area contributed by atoms with Crippen LogP contribution in [-0.4, -0.2) is 55.6 Å². The van der Waals surface area contributed by atoms with Crippen LogP contribution in [0, 0.1) is 6.92 Å². The zero-order chi connectivity index (χ0) is 24.4. The van der Waals surface area contributed by atoms with Crippen LogP contribution in [0.3, 0.4) is 0 Å². The summed E-state index contributed by atoms with van der Waals surface area (Å²) in [5.41, 5.74) is 2.06. The van der Waals surface area contributed by atoms with Crippen LogP contribution in [-0.2, 0) is 26.2 Å². The fraction of sp³-hybridized carbons (Fsp3) is 0.440. The average Bonchev–Trinajstić information content (AvgIpc) is 2.82. The molecular weight excluding hydrogens is 438 g/mol. The van der Waals surface area contributed by atoms with Crippen LogP contribution in [0.2, 0.25) is 0 Å². The van der Waals surface area contributed by atoms with E-state index in [0.29, 0.717) is 19.5 Å². The minimum absolute atomic E-state index is 0.145. The SMILES string of the molecule is CCCNC(=O)[C@H](C)N(Cc1ccc(C)cc1)C(=O)CCCN(C)S(=O)(=O)c1ccccc1. The lowest BCUT2D eigenvalue weighted by Crippen LogP contribution is -2.47. The lowest BCUT2D eigenvalue weighted by molar-refractivity contribution is -0.140. The Morgan fingerprint density at radius 3 is 2.27 bits per heavy atom. The fourth-order valence-corrected chi connectivity index (χ4v) is 4.59. The first-order chi connectivity index (χ1) is 15.7. The van der Waals surface area contributed by atoms with E-state index >= 15 is 0 Å². The van der Waals surface area contributed by atoms with E-state index in [9.17, 15) is 18.0 Å². The summed E-state index contributed by atoms with van der Waals surface area (Å²) in [5, 5.41) is 2.85. The van der Waals surface area contributed by atoms with Gasteiger partial charge in [-0.2, -0.15) is 0 Å². The van der Waals surface area contributed by atoms with Crippen LogP contribution < -0.4 is 5.32 Å². The predicted octanol–water partition coefficient (Wildman–Crippen LogP) is 3.34. The number of nitrogens with one attached hydrogen (secondary N) is 1. The van der Waals surface area contributed by atoms with Crippen molar-refractivity contribution in [2.45, 2.75) is 57.5 Å². The van der Waals surface area contributed by atoms with Crippen LogP contribution >= 0.6 is 0 Å². The van der Waals surface area contributed by atoms with E-state index in [0.717, 1.165) is 17.5 Å². The molecule has 33 heavy (non-hydrogen) atoms. The monoisotopic (exact) mass is 473 g/mol. The van der Waals surface area contributed by atoms with Crippen molar-refractivity contribution in [2.75, 3.05) is 20.1 Å². The first-order valence-corrected chi connectivity index (χ1v) is 12.7. The number of sulfonamides is 1. The van der Waals surface area contributed by atoms with E-state index in [4.69, 9.17) is 0 Å². The summed E-state index contributed by atoms with van der Waals surface area (Å²) in [6.45, 7) is 6.77. The zero-order valence-electron chi connectivity index (χ0n) is 20.0. The second-order valence-corrected chi connectivity index (χ2v) is 10.3. The molecule has 0 aromatic heterocycles. The topological polar surface area (TPSA) is 86.8 Å². The van der Waals surface area contributed by atoms with Gasteiger partial charge in [-0.3, -0.25) is 9.59 Å². The minimum atomic E-state index is -3.61. The maximum absolute atomic E-state index is 13.1. The van der Waals surface area contributed by atoms with E-state index in [1.165, 1.54) is 11.4 Å². The Bertz CT molecular complexity index is 1010. The standard InChI is InChI=1S/C25H35N3O4S/c1-5-17-26-25(30)21(3)28(19-22-15-13-20(2)14-16-22)24(29)12-9-18-27(4)33(31,32)23-10-7-6-8-11-23/h6-8,10-11,13-16,21H,5,9,12,17-19H2,1-4H3,(H,26,30)/t21-/m0/s1. The quantitative estimate of drug-likeness (QED) is 0.512. The first-order valence-electron chi connectivity index (χ1n) is 11.3. The lowest BCUT2D eigenvalue weighted by Gasteiger charge is -2.29. The van der Waals surface area contributed by atoms with Crippen LogP contribution in [0.15, 0.2) is 59.5 Å². The molecule has 1 atom stereocenters. The number of carbonyl (C=O) groups is 2. The molecule has 0 saturated carbocycles. The van der Waals surface area contributed by atoms with E-state index in [-0.39, 0.29) is 29.7 Å². The zero-order valence-corrected chi connectivity index (χ0v) is 20.8. The third-order valence-electron chi connectivity index (χ3n) is 5.51. The molecule has 0 aliphatic carbocycles. The van der Waals surface area contributed by atoms with Gasteiger partial charge in [0.15, 0.2) is 0 Å². The summed E-state index contributed by atoms with van der Waals surface area (Å²) in [4.78, 5) is 27.5. The van der Waals surface area contributed by atoms with Crippen LogP contribution in [0.4, 0.5) is 0 Å². The van der Waals surface area contributed by atoms with Gasteiger partial charge in [0.1, 0.15) is 6.04 Å². The highest BCUT2D eigenvalue weighted by atomic mass is 32.2. The number of rotatable bonds is 12. The number of amides is 2. The molecule has 2 aromatic carbocycles. The highest BCUT2D eigenvalue weighted by Crippen LogP contribution is 2.16. The number of carbonyl (C=O) groups excluding carboxylic acids is 2. The van der Waals surface area contributed by atoms with Gasteiger partial charge in [-0.05, 0) is 44.4 Å². The molecule has 0 aliphatic heterocycles. The number of benzene rings is 2. The van der Waals surface area contributed by atoms with Gasteiger partial charge in [0.2, 0.25) is 21.8 Å². The van der Waals surface area contributed by atoms with Crippen molar-refractivity contribution in [3.05, 3.63) is 65.7 Å². The molecule has 7 nitrogen and oxygen atoms in total. The molecule has 180 valence electrons. The molecule has 0 radical (unpaired) electrons. The molecular formula is C25H35N3O4S. The summed E-state index contributed by atoms with van der Waals surface area (Å²) in [5.74, 6) is -0.374. The van der Waals surface area contributed by atoms with Crippen LogP contribution in [0.25, 0.3) is 0 Å². The molecule has 0 saturated heterocycles. The van der Waals surface area contributed by atoms with Crippen molar-refractivity contribution < 1.29 is 18.0 Å². The Hall–Kier alpha value is -2.71. The Morgan fingerprint density at radius 1 is 1.03 bits per heavy atom. The molecule has 0 bridgehead atoms. The molecule has 0 spiro atoms. The smallest absolute Gasteiger partial charge is 0.242 e. The molecule has 0 fully saturated rings. The van der Waals surface area contributed by atoms with Gasteiger partial charge in [0.25, 0.3) is 0 Å². The summed E-state index contributed by atoms with van der Waals surface area (Å²) >= 11 is 0. The number of aryl methyl sites for hydroxylation is 1. The number of nitrogens with zero attached hydrogens (tertiary/aromatic N) is 2.